The molecule has 0 aliphatic carbocycles. The summed E-state index contributed by atoms with van der Waals surface area (Å²) in [5.74, 6) is 0. The molecule has 2 aliphatic heterocycles. The highest BCUT2D eigenvalue weighted by Crippen LogP contribution is 2.42. The topological polar surface area (TPSA) is 41.6 Å². The lowest BCUT2D eigenvalue weighted by Gasteiger charge is -2.34. The molecule has 5 heteroatoms. The van der Waals surface area contributed by atoms with E-state index in [-0.39, 0.29) is 0 Å². The van der Waals surface area contributed by atoms with Crippen LogP contribution in [0.4, 0.5) is 10.7 Å². The Hall–Kier alpha value is -1.07. The molecule has 1 N–H and O–H groups in total. The Bertz CT molecular complexity index is 442. The normalized spacial score (nSPS) is 25.5. The van der Waals surface area contributed by atoms with Crippen LogP contribution in [0.25, 0.3) is 0 Å². The Labute approximate surface area is 111 Å². The Morgan fingerprint density at radius 1 is 1.67 bits per heavy atom. The van der Waals surface area contributed by atoms with E-state index in [4.69, 9.17) is 4.74 Å². The van der Waals surface area contributed by atoms with Crippen LogP contribution < -0.4 is 10.2 Å². The molecule has 18 heavy (non-hydrogen) atoms. The molecule has 1 aromatic heterocycles. The van der Waals surface area contributed by atoms with Gasteiger partial charge in [0.15, 0.2) is 6.29 Å². The number of carbonyl (C=O) groups excluding carboxylic acids is 1. The van der Waals surface area contributed by atoms with Gasteiger partial charge < -0.3 is 15.0 Å². The van der Waals surface area contributed by atoms with Gasteiger partial charge in [-0.1, -0.05) is 13.3 Å². The van der Waals surface area contributed by atoms with E-state index in [1.807, 2.05) is 6.07 Å². The van der Waals surface area contributed by atoms with Gasteiger partial charge in [0.05, 0.1) is 22.8 Å². The molecule has 0 amide bonds. The highest BCUT2D eigenvalue weighted by atomic mass is 32.1. The second-order valence-electron chi connectivity index (χ2n) is 4.86. The van der Waals surface area contributed by atoms with Crippen molar-refractivity contribution in [1.29, 1.82) is 0 Å². The molecule has 0 radical (unpaired) electrons. The fourth-order valence-electron chi connectivity index (χ4n) is 2.55. The molecule has 1 saturated heterocycles. The van der Waals surface area contributed by atoms with E-state index in [1.165, 1.54) is 5.69 Å². The van der Waals surface area contributed by atoms with Gasteiger partial charge in [-0.25, -0.2) is 0 Å². The van der Waals surface area contributed by atoms with Crippen molar-refractivity contribution in [2.75, 3.05) is 23.4 Å². The Kier molecular flexibility index (Phi) is 3.26. The molecular weight excluding hydrogens is 248 g/mol. The highest BCUT2D eigenvalue weighted by Gasteiger charge is 2.33. The summed E-state index contributed by atoms with van der Waals surface area (Å²) in [5.41, 5.74) is 1.18. The summed E-state index contributed by atoms with van der Waals surface area (Å²) in [6, 6.07) is 1.99. The smallest absolute Gasteiger partial charge is 0.160 e. The van der Waals surface area contributed by atoms with E-state index in [0.717, 1.165) is 48.6 Å². The number of hydrogen-bond donors (Lipinski definition) is 1. The van der Waals surface area contributed by atoms with E-state index < -0.39 is 0 Å². The maximum absolute atomic E-state index is 10.9. The van der Waals surface area contributed by atoms with Crippen LogP contribution in [0, 0.1) is 0 Å². The first-order valence-corrected chi connectivity index (χ1v) is 7.37. The number of ether oxygens (including phenoxy) is 1. The predicted molar refractivity (Wildman–Crippen MR) is 73.7 cm³/mol. The van der Waals surface area contributed by atoms with Gasteiger partial charge in [-0.3, -0.25) is 4.79 Å². The zero-order valence-electron chi connectivity index (χ0n) is 10.5. The van der Waals surface area contributed by atoms with Crippen molar-refractivity contribution in [3.05, 3.63) is 10.9 Å². The summed E-state index contributed by atoms with van der Waals surface area (Å²) >= 11 is 1.55. The van der Waals surface area contributed by atoms with Gasteiger partial charge in [0.2, 0.25) is 0 Å². The molecule has 0 bridgehead atoms. The Morgan fingerprint density at radius 3 is 3.11 bits per heavy atom. The summed E-state index contributed by atoms with van der Waals surface area (Å²) in [7, 11) is 0. The lowest BCUT2D eigenvalue weighted by atomic mass is 10.1. The van der Waals surface area contributed by atoms with Crippen molar-refractivity contribution >= 4 is 28.3 Å². The second kappa shape index (κ2) is 4.90. The average molecular weight is 266 g/mol. The molecule has 0 aromatic carbocycles. The van der Waals surface area contributed by atoms with E-state index in [9.17, 15) is 4.79 Å². The van der Waals surface area contributed by atoms with Crippen LogP contribution in [0.3, 0.4) is 0 Å². The summed E-state index contributed by atoms with van der Waals surface area (Å²) < 4.78 is 5.53. The number of nitrogens with one attached hydrogen (secondary N) is 1. The molecule has 4 nitrogen and oxygen atoms in total. The van der Waals surface area contributed by atoms with Crippen LogP contribution in [0.2, 0.25) is 0 Å². The number of rotatable bonds is 5. The van der Waals surface area contributed by atoms with Gasteiger partial charge in [0, 0.05) is 13.2 Å². The third kappa shape index (κ3) is 2.01. The Morgan fingerprint density at radius 2 is 2.50 bits per heavy atom. The number of nitrogens with zero attached hydrogens (tertiary/aromatic N) is 1. The summed E-state index contributed by atoms with van der Waals surface area (Å²) in [4.78, 5) is 14.0. The van der Waals surface area contributed by atoms with Gasteiger partial charge in [0.25, 0.3) is 0 Å². The summed E-state index contributed by atoms with van der Waals surface area (Å²) in [6.45, 7) is 4.02. The minimum Gasteiger partial charge on any atom is -0.376 e. The molecule has 2 aliphatic rings. The molecule has 1 aromatic rings. The molecule has 2 unspecified atom stereocenters. The van der Waals surface area contributed by atoms with Crippen LogP contribution >= 0.6 is 11.3 Å². The van der Waals surface area contributed by atoms with Crippen LogP contribution in [-0.4, -0.2) is 31.7 Å². The van der Waals surface area contributed by atoms with Gasteiger partial charge in [0.1, 0.15) is 5.00 Å². The number of thiophene rings is 1. The van der Waals surface area contributed by atoms with E-state index in [1.54, 1.807) is 11.3 Å². The third-order valence-corrected chi connectivity index (χ3v) is 4.57. The predicted octanol–water partition coefficient (Wildman–Crippen LogP) is 2.71. The summed E-state index contributed by atoms with van der Waals surface area (Å²) in [6.07, 6.45) is 5.06. The van der Waals surface area contributed by atoms with E-state index >= 15 is 0 Å². The highest BCUT2D eigenvalue weighted by molar-refractivity contribution is 7.18. The van der Waals surface area contributed by atoms with E-state index in [0.29, 0.717) is 12.3 Å². The zero-order chi connectivity index (χ0) is 12.5. The van der Waals surface area contributed by atoms with Crippen LogP contribution in [-0.2, 0) is 4.74 Å². The first-order valence-electron chi connectivity index (χ1n) is 6.55. The Balaban J connectivity index is 1.80. The van der Waals surface area contributed by atoms with E-state index in [2.05, 4.69) is 17.1 Å². The van der Waals surface area contributed by atoms with Crippen molar-refractivity contribution in [2.24, 2.45) is 0 Å². The lowest BCUT2D eigenvalue weighted by Crippen LogP contribution is -2.45. The monoisotopic (exact) mass is 266 g/mol. The summed E-state index contributed by atoms with van der Waals surface area (Å²) in [5, 5.41) is 4.66. The standard InChI is InChI=1S/C13H18N2O2S/c1-2-3-12-14-13-11(6-10(8-16)18-13)15(12)7-9-4-5-17-9/h6,8-9,12,14H,2-5,7H2,1H3. The molecular formula is C13H18N2O2S. The van der Waals surface area contributed by atoms with Crippen LogP contribution in [0.5, 0.6) is 0 Å². The van der Waals surface area contributed by atoms with Crippen molar-refractivity contribution in [3.8, 4) is 0 Å². The number of carbonyl (C=O) groups is 1. The largest absolute Gasteiger partial charge is 0.376 e. The SMILES string of the molecule is CCCC1Nc2sc(C=O)cc2N1CC1CCO1. The van der Waals surface area contributed by atoms with Crippen molar-refractivity contribution in [2.45, 2.75) is 38.5 Å². The molecule has 0 saturated carbocycles. The maximum atomic E-state index is 10.9. The van der Waals surface area contributed by atoms with Gasteiger partial charge in [-0.2, -0.15) is 0 Å². The average Bonchev–Trinajstić information content (AvgIpc) is 2.82. The van der Waals surface area contributed by atoms with Crippen molar-refractivity contribution in [3.63, 3.8) is 0 Å². The maximum Gasteiger partial charge on any atom is 0.160 e. The molecule has 3 heterocycles. The van der Waals surface area contributed by atoms with Gasteiger partial charge >= 0.3 is 0 Å². The minimum absolute atomic E-state index is 0.358. The second-order valence-corrected chi connectivity index (χ2v) is 5.95. The molecule has 1 fully saturated rings. The molecule has 98 valence electrons. The quantitative estimate of drug-likeness (QED) is 0.832. The molecule has 0 spiro atoms. The van der Waals surface area contributed by atoms with Gasteiger partial charge in [-0.05, 0) is 18.9 Å². The first-order chi connectivity index (χ1) is 8.81. The molecule has 3 rings (SSSR count). The molecule has 2 atom stereocenters. The number of aldehydes is 1. The van der Waals surface area contributed by atoms with Crippen LogP contribution in [0.15, 0.2) is 6.07 Å². The first kappa shape index (κ1) is 12.0. The zero-order valence-corrected chi connectivity index (χ0v) is 11.3. The van der Waals surface area contributed by atoms with Crippen LogP contribution in [0.1, 0.15) is 35.9 Å². The lowest BCUT2D eigenvalue weighted by molar-refractivity contribution is -0.0450. The minimum atomic E-state index is 0.358. The van der Waals surface area contributed by atoms with Crippen molar-refractivity contribution in [1.82, 2.24) is 0 Å². The van der Waals surface area contributed by atoms with Gasteiger partial charge in [-0.15, -0.1) is 11.3 Å². The third-order valence-electron chi connectivity index (χ3n) is 3.59. The fraction of sp³-hybridized carbons (Fsp3) is 0.615. The fourth-order valence-corrected chi connectivity index (χ4v) is 3.48. The number of anilines is 2. The number of hydrogen-bond acceptors (Lipinski definition) is 5. The van der Waals surface area contributed by atoms with Crippen molar-refractivity contribution < 1.29 is 9.53 Å². The number of fused-ring (bicyclic) bond motifs is 1.